The smallest absolute Gasteiger partial charge is 0.201 e. The van der Waals surface area contributed by atoms with Gasteiger partial charge in [0.1, 0.15) is 7.05 Å². The van der Waals surface area contributed by atoms with Gasteiger partial charge in [-0.05, 0) is 49.5 Å². The van der Waals surface area contributed by atoms with Gasteiger partial charge < -0.3 is 0 Å². The topological polar surface area (TPSA) is 3.88 Å². The standard InChI is InChI=1S/C21H22N/c1-15-11-16(2)13-19(12-15)18-9-8-17(3)20(14-18)21-7-5-6-10-22(21)4/h5-14H,1-4H3/q+1/i1D3. The largest absolute Gasteiger partial charge is 0.212 e. The SMILES string of the molecule is [2H]C([2H])([2H])c1cc(C)cc(-c2ccc(C)c(-c3cccc[n+]3C)c2)c1. The Bertz CT molecular complexity index is 927. The predicted octanol–water partition coefficient (Wildman–Crippen LogP) is 4.77. The molecule has 1 nitrogen and oxygen atoms in total. The molecular weight excluding hydrogens is 266 g/mol. The molecule has 0 aliphatic heterocycles. The van der Waals surface area contributed by atoms with Crippen LogP contribution >= 0.6 is 0 Å². The number of aromatic nitrogens is 1. The molecule has 1 heteroatoms. The number of hydrogen-bond donors (Lipinski definition) is 0. The van der Waals surface area contributed by atoms with Gasteiger partial charge in [-0.15, -0.1) is 0 Å². The van der Waals surface area contributed by atoms with Crippen LogP contribution in [0.4, 0.5) is 0 Å². The third kappa shape index (κ3) is 2.80. The van der Waals surface area contributed by atoms with E-state index in [-0.39, 0.29) is 0 Å². The van der Waals surface area contributed by atoms with E-state index >= 15 is 0 Å². The zero-order chi connectivity index (χ0) is 18.2. The molecule has 0 saturated heterocycles. The van der Waals surface area contributed by atoms with Crippen LogP contribution in [-0.2, 0) is 7.05 Å². The van der Waals surface area contributed by atoms with Crippen molar-refractivity contribution in [2.24, 2.45) is 7.05 Å². The van der Waals surface area contributed by atoms with E-state index in [1.807, 2.05) is 38.4 Å². The molecule has 0 bridgehead atoms. The summed E-state index contributed by atoms with van der Waals surface area (Å²) in [5.74, 6) is 0. The number of pyridine rings is 1. The molecule has 0 saturated carbocycles. The summed E-state index contributed by atoms with van der Waals surface area (Å²) in [6, 6.07) is 18.0. The fraction of sp³-hybridized carbons (Fsp3) is 0.190. The number of aryl methyl sites for hydroxylation is 4. The van der Waals surface area contributed by atoms with Crippen molar-refractivity contribution in [2.75, 3.05) is 0 Å². The molecule has 0 radical (unpaired) electrons. The maximum atomic E-state index is 7.70. The van der Waals surface area contributed by atoms with E-state index in [0.29, 0.717) is 5.56 Å². The van der Waals surface area contributed by atoms with Gasteiger partial charge in [-0.3, -0.25) is 0 Å². The number of rotatable bonds is 2. The van der Waals surface area contributed by atoms with Gasteiger partial charge in [0.2, 0.25) is 5.69 Å². The van der Waals surface area contributed by atoms with Gasteiger partial charge in [0, 0.05) is 21.8 Å². The van der Waals surface area contributed by atoms with Crippen molar-refractivity contribution in [2.45, 2.75) is 20.7 Å². The summed E-state index contributed by atoms with van der Waals surface area (Å²) in [6.45, 7) is 1.93. The molecule has 0 amide bonds. The first kappa shape index (κ1) is 11.2. The summed E-state index contributed by atoms with van der Waals surface area (Å²) in [4.78, 5) is 0. The van der Waals surface area contributed by atoms with Gasteiger partial charge in [0.15, 0.2) is 6.20 Å². The Kier molecular flexibility index (Phi) is 2.93. The van der Waals surface area contributed by atoms with E-state index in [4.69, 9.17) is 4.11 Å². The molecular formula is C21H22N+. The third-order valence-electron chi connectivity index (χ3n) is 3.98. The summed E-state index contributed by atoms with van der Waals surface area (Å²) in [5.41, 5.74) is 6.77. The van der Waals surface area contributed by atoms with Crippen LogP contribution in [0.25, 0.3) is 22.4 Å². The van der Waals surface area contributed by atoms with Gasteiger partial charge in [-0.1, -0.05) is 41.5 Å². The van der Waals surface area contributed by atoms with Crippen LogP contribution in [0.15, 0.2) is 60.8 Å². The van der Waals surface area contributed by atoms with Gasteiger partial charge in [0.05, 0.1) is 0 Å². The molecule has 22 heavy (non-hydrogen) atoms. The second kappa shape index (κ2) is 5.76. The lowest BCUT2D eigenvalue weighted by molar-refractivity contribution is -0.660. The second-order valence-electron chi connectivity index (χ2n) is 5.81. The molecule has 0 aliphatic carbocycles. The zero-order valence-electron chi connectivity index (χ0n) is 16.2. The molecule has 0 atom stereocenters. The van der Waals surface area contributed by atoms with Gasteiger partial charge in [-0.25, -0.2) is 4.57 Å². The van der Waals surface area contributed by atoms with Crippen molar-refractivity contribution in [3.05, 3.63) is 77.5 Å². The van der Waals surface area contributed by atoms with Crippen molar-refractivity contribution < 1.29 is 8.68 Å². The van der Waals surface area contributed by atoms with E-state index < -0.39 is 6.85 Å². The molecule has 2 aromatic carbocycles. The lowest BCUT2D eigenvalue weighted by Gasteiger charge is -2.09. The molecule has 0 fully saturated rings. The average Bonchev–Trinajstić information content (AvgIpc) is 2.55. The van der Waals surface area contributed by atoms with Crippen LogP contribution in [0.2, 0.25) is 0 Å². The number of nitrogens with zero attached hydrogens (tertiary/aromatic N) is 1. The second-order valence-corrected chi connectivity index (χ2v) is 5.81. The molecule has 1 heterocycles. The molecule has 0 N–H and O–H groups in total. The first-order valence-electron chi connectivity index (χ1n) is 8.94. The fourth-order valence-electron chi connectivity index (χ4n) is 2.83. The Labute approximate surface area is 137 Å². The van der Waals surface area contributed by atoms with Crippen molar-refractivity contribution >= 4 is 0 Å². The first-order chi connectivity index (χ1) is 11.8. The Morgan fingerprint density at radius 2 is 1.68 bits per heavy atom. The molecule has 0 aliphatic rings. The van der Waals surface area contributed by atoms with Crippen molar-refractivity contribution in [3.8, 4) is 22.4 Å². The third-order valence-corrected chi connectivity index (χ3v) is 3.98. The maximum Gasteiger partial charge on any atom is 0.212 e. The highest BCUT2D eigenvalue weighted by atomic mass is 14.9. The van der Waals surface area contributed by atoms with E-state index in [2.05, 4.69) is 35.8 Å². The minimum absolute atomic E-state index is 0.384. The molecule has 1 aromatic heterocycles. The van der Waals surface area contributed by atoms with Crippen LogP contribution < -0.4 is 4.57 Å². The lowest BCUT2D eigenvalue weighted by Crippen LogP contribution is -2.30. The van der Waals surface area contributed by atoms with Crippen molar-refractivity contribution in [1.29, 1.82) is 0 Å². The Morgan fingerprint density at radius 1 is 0.864 bits per heavy atom. The average molecular weight is 291 g/mol. The highest BCUT2D eigenvalue weighted by Crippen LogP contribution is 2.28. The minimum atomic E-state index is -2.10. The summed E-state index contributed by atoms with van der Waals surface area (Å²) >= 11 is 0. The summed E-state index contributed by atoms with van der Waals surface area (Å²) in [5, 5.41) is 0. The van der Waals surface area contributed by atoms with Gasteiger partial charge in [0.25, 0.3) is 0 Å². The minimum Gasteiger partial charge on any atom is -0.201 e. The van der Waals surface area contributed by atoms with E-state index in [1.165, 1.54) is 5.56 Å². The number of benzene rings is 2. The van der Waals surface area contributed by atoms with E-state index in [0.717, 1.165) is 27.9 Å². The van der Waals surface area contributed by atoms with Crippen LogP contribution in [0.5, 0.6) is 0 Å². The molecule has 0 unspecified atom stereocenters. The quantitative estimate of drug-likeness (QED) is 0.599. The molecule has 110 valence electrons. The Morgan fingerprint density at radius 3 is 2.45 bits per heavy atom. The fourth-order valence-corrected chi connectivity index (χ4v) is 2.83. The van der Waals surface area contributed by atoms with Crippen LogP contribution in [0.3, 0.4) is 0 Å². The summed E-state index contributed by atoms with van der Waals surface area (Å²) in [7, 11) is 2.03. The highest BCUT2D eigenvalue weighted by Gasteiger charge is 2.12. The maximum absolute atomic E-state index is 7.70. The van der Waals surface area contributed by atoms with Crippen molar-refractivity contribution in [3.63, 3.8) is 0 Å². The van der Waals surface area contributed by atoms with Crippen LogP contribution in [0.1, 0.15) is 20.8 Å². The monoisotopic (exact) mass is 291 g/mol. The zero-order valence-corrected chi connectivity index (χ0v) is 13.2. The van der Waals surface area contributed by atoms with Crippen molar-refractivity contribution in [1.82, 2.24) is 0 Å². The van der Waals surface area contributed by atoms with Crippen LogP contribution in [0, 0.1) is 20.7 Å². The highest BCUT2D eigenvalue weighted by molar-refractivity contribution is 5.73. The Hall–Kier alpha value is -2.41. The van der Waals surface area contributed by atoms with Gasteiger partial charge >= 0.3 is 0 Å². The Balaban J connectivity index is 2.16. The first-order valence-corrected chi connectivity index (χ1v) is 7.44. The lowest BCUT2D eigenvalue weighted by atomic mass is 9.95. The molecule has 0 spiro atoms. The van der Waals surface area contributed by atoms with Gasteiger partial charge in [-0.2, -0.15) is 0 Å². The number of hydrogen-bond acceptors (Lipinski definition) is 0. The normalized spacial score (nSPS) is 13.3. The predicted molar refractivity (Wildman–Crippen MR) is 92.7 cm³/mol. The molecule has 3 rings (SSSR count). The molecule has 3 aromatic rings. The van der Waals surface area contributed by atoms with Crippen LogP contribution in [-0.4, -0.2) is 0 Å². The summed E-state index contributed by atoms with van der Waals surface area (Å²) < 4.78 is 25.2. The van der Waals surface area contributed by atoms with E-state index in [1.54, 1.807) is 12.1 Å². The summed E-state index contributed by atoms with van der Waals surface area (Å²) in [6.07, 6.45) is 2.03. The van der Waals surface area contributed by atoms with E-state index in [9.17, 15) is 0 Å².